The molecule has 4 N–H and O–H groups in total. The van der Waals surface area contributed by atoms with Crippen molar-refractivity contribution in [1.29, 1.82) is 0 Å². The Hall–Kier alpha value is -6.94. The lowest BCUT2D eigenvalue weighted by atomic mass is 10.0. The van der Waals surface area contributed by atoms with E-state index >= 15 is 0 Å². The zero-order chi connectivity index (χ0) is 42.4. The number of carbonyl (C=O) groups excluding carboxylic acids is 1. The number of amides is 1. The van der Waals surface area contributed by atoms with E-state index in [0.29, 0.717) is 68.4 Å². The maximum atomic E-state index is 12.5. The second kappa shape index (κ2) is 17.5. The number of halogens is 6. The molecule has 1 amide bonds. The third-order valence-electron chi connectivity index (χ3n) is 8.85. The van der Waals surface area contributed by atoms with Gasteiger partial charge in [0.1, 0.15) is 0 Å². The van der Waals surface area contributed by atoms with Crippen molar-refractivity contribution in [2.24, 2.45) is 0 Å². The molecule has 0 radical (unpaired) electrons. The first-order chi connectivity index (χ1) is 27.4. The number of aryl methyl sites for hydroxylation is 2. The van der Waals surface area contributed by atoms with Gasteiger partial charge in [0.15, 0.2) is 11.3 Å². The Labute approximate surface area is 329 Å². The topological polar surface area (TPSA) is 125 Å². The number of aromatic nitrogens is 4. The van der Waals surface area contributed by atoms with Gasteiger partial charge in [-0.2, -0.15) is 26.3 Å². The number of carboxylic acid groups (broad SMARTS) is 1. The summed E-state index contributed by atoms with van der Waals surface area (Å²) in [6, 6.07) is 13.5. The first-order valence-corrected chi connectivity index (χ1v) is 17.7. The highest BCUT2D eigenvalue weighted by atomic mass is 19.4. The normalized spacial score (nSPS) is 11.4. The number of nitrogens with one attached hydrogen (secondary N) is 3. The van der Waals surface area contributed by atoms with Crippen molar-refractivity contribution in [1.82, 2.24) is 24.1 Å². The summed E-state index contributed by atoms with van der Waals surface area (Å²) in [5.41, 5.74) is 7.72. The number of rotatable bonds is 11. The molecule has 0 aliphatic heterocycles. The van der Waals surface area contributed by atoms with Crippen LogP contribution < -0.4 is 16.0 Å². The van der Waals surface area contributed by atoms with Crippen LogP contribution in [0.15, 0.2) is 73.3 Å². The number of fused-ring (bicyclic) bond motifs is 2. The maximum Gasteiger partial charge on any atom is 0.390 e. The average molecular weight is 802 g/mol. The Bertz CT molecular complexity index is 2580. The first-order valence-electron chi connectivity index (χ1n) is 17.7. The number of carbonyl (C=O) groups is 2. The number of carboxylic acids is 1. The predicted octanol–water partition coefficient (Wildman–Crippen LogP) is 8.76. The van der Waals surface area contributed by atoms with E-state index in [1.54, 1.807) is 76.9 Å². The molecule has 0 saturated heterocycles. The Morgan fingerprint density at radius 1 is 0.724 bits per heavy atom. The summed E-state index contributed by atoms with van der Waals surface area (Å²) < 4.78 is 78.2. The molecule has 58 heavy (non-hydrogen) atoms. The highest BCUT2D eigenvalue weighted by Crippen LogP contribution is 2.30. The van der Waals surface area contributed by atoms with Crippen LogP contribution in [0, 0.1) is 38.5 Å². The van der Waals surface area contributed by atoms with Crippen LogP contribution in [0.25, 0.3) is 33.8 Å². The standard InChI is InChI=1S/C22H21F3N4O.C20H16F3N3O2/c1-4-15-11-18(27-9-8-22(23,24)25)20-28-12-19(29(20)13-15)16-6-7-17(14(3)10-16)21(30)26-5-2;1-3-13-9-16(24-7-6-20(21,22)23)18-25-10-17(26(18)11-13)14-4-5-15(19(27)28)12(2)8-14/h1,6-7,10-13,27H,5,8-9H2,2-3H3,(H,26,30);1,4-5,8-11,24H,6-7H2,2H3,(H,27,28). The second-order valence-electron chi connectivity index (χ2n) is 13.1. The van der Waals surface area contributed by atoms with E-state index in [2.05, 4.69) is 37.8 Å². The maximum absolute atomic E-state index is 12.5. The SMILES string of the molecule is C#Cc1cc(NCCC(F)(F)F)c2ncc(-c3ccc(C(=O)NCC)c(C)c3)n2c1.C#Cc1cc(NCCC(F)(F)F)c2ncc(-c3ccc(C(=O)O)c(C)c3)n2c1. The summed E-state index contributed by atoms with van der Waals surface area (Å²) in [6.07, 6.45) is 7.12. The lowest BCUT2D eigenvalue weighted by Gasteiger charge is -2.12. The number of alkyl halides is 6. The van der Waals surface area contributed by atoms with Crippen LogP contribution >= 0.6 is 0 Å². The average Bonchev–Trinajstić information content (AvgIpc) is 3.79. The predicted molar refractivity (Wildman–Crippen MR) is 210 cm³/mol. The van der Waals surface area contributed by atoms with E-state index in [1.807, 2.05) is 19.9 Å². The molecule has 2 aromatic carbocycles. The highest BCUT2D eigenvalue weighted by molar-refractivity contribution is 5.96. The number of hydrogen-bond acceptors (Lipinski definition) is 6. The van der Waals surface area contributed by atoms with Crippen LogP contribution in [0.4, 0.5) is 37.7 Å². The van der Waals surface area contributed by atoms with Crippen molar-refractivity contribution < 1.29 is 41.0 Å². The Balaban J connectivity index is 0.000000221. The second-order valence-corrected chi connectivity index (χ2v) is 13.1. The van der Waals surface area contributed by atoms with Crippen molar-refractivity contribution in [2.45, 2.75) is 46.0 Å². The molecular weight excluding hydrogens is 764 g/mol. The van der Waals surface area contributed by atoms with E-state index in [4.69, 9.17) is 12.8 Å². The molecule has 0 unspecified atom stereocenters. The van der Waals surface area contributed by atoms with E-state index in [9.17, 15) is 41.0 Å². The number of imidazole rings is 2. The van der Waals surface area contributed by atoms with Crippen molar-refractivity contribution in [3.05, 3.63) is 107 Å². The fourth-order valence-corrected chi connectivity index (χ4v) is 6.09. The molecule has 4 aromatic heterocycles. The number of terminal acetylenes is 2. The van der Waals surface area contributed by atoms with Crippen LogP contribution in [0.2, 0.25) is 0 Å². The zero-order valence-electron chi connectivity index (χ0n) is 31.4. The van der Waals surface area contributed by atoms with Gasteiger partial charge in [-0.05, 0) is 68.3 Å². The van der Waals surface area contributed by atoms with Gasteiger partial charge in [0.25, 0.3) is 5.91 Å². The lowest BCUT2D eigenvalue weighted by Crippen LogP contribution is -2.23. The molecule has 300 valence electrons. The summed E-state index contributed by atoms with van der Waals surface area (Å²) in [7, 11) is 0. The number of anilines is 2. The van der Waals surface area contributed by atoms with E-state index < -0.39 is 31.2 Å². The molecule has 6 rings (SSSR count). The minimum atomic E-state index is -4.27. The van der Waals surface area contributed by atoms with Gasteiger partial charge >= 0.3 is 18.3 Å². The summed E-state index contributed by atoms with van der Waals surface area (Å²) in [5, 5.41) is 17.5. The lowest BCUT2D eigenvalue weighted by molar-refractivity contribution is -0.132. The molecule has 0 atom stereocenters. The molecule has 0 aliphatic carbocycles. The minimum absolute atomic E-state index is 0.148. The fraction of sp³-hybridized carbons (Fsp3) is 0.238. The van der Waals surface area contributed by atoms with Crippen LogP contribution in [0.5, 0.6) is 0 Å². The largest absolute Gasteiger partial charge is 0.478 e. The molecule has 6 aromatic rings. The van der Waals surface area contributed by atoms with Crippen LogP contribution in [-0.4, -0.2) is 67.7 Å². The molecule has 4 heterocycles. The number of benzene rings is 2. The van der Waals surface area contributed by atoms with Gasteiger partial charge in [-0.15, -0.1) is 12.8 Å². The van der Waals surface area contributed by atoms with Gasteiger partial charge in [-0.25, -0.2) is 14.8 Å². The third-order valence-corrected chi connectivity index (χ3v) is 8.85. The Morgan fingerprint density at radius 3 is 1.52 bits per heavy atom. The number of hydrogen-bond donors (Lipinski definition) is 4. The summed E-state index contributed by atoms with van der Waals surface area (Å²) in [6.45, 7) is 5.33. The van der Waals surface area contributed by atoms with Gasteiger partial charge in [-0.1, -0.05) is 24.0 Å². The van der Waals surface area contributed by atoms with Crippen LogP contribution in [0.3, 0.4) is 0 Å². The van der Waals surface area contributed by atoms with E-state index in [0.717, 1.165) is 11.1 Å². The quantitative estimate of drug-likeness (QED) is 0.0763. The fourth-order valence-electron chi connectivity index (χ4n) is 6.09. The third kappa shape index (κ3) is 10.1. The van der Waals surface area contributed by atoms with Gasteiger partial charge in [0.05, 0.1) is 53.6 Å². The molecular formula is C42H37F6N7O3. The van der Waals surface area contributed by atoms with Crippen molar-refractivity contribution >= 4 is 34.5 Å². The van der Waals surface area contributed by atoms with Gasteiger partial charge < -0.3 is 21.1 Å². The van der Waals surface area contributed by atoms with Gasteiger partial charge in [0, 0.05) is 59.8 Å². The van der Waals surface area contributed by atoms with Crippen molar-refractivity contribution in [2.75, 3.05) is 30.3 Å². The number of nitrogens with zero attached hydrogens (tertiary/aromatic N) is 4. The molecule has 0 aliphatic rings. The summed E-state index contributed by atoms with van der Waals surface area (Å²) >= 11 is 0. The highest BCUT2D eigenvalue weighted by Gasteiger charge is 2.27. The van der Waals surface area contributed by atoms with Gasteiger partial charge in [-0.3, -0.25) is 13.6 Å². The van der Waals surface area contributed by atoms with Gasteiger partial charge in [0.2, 0.25) is 0 Å². The van der Waals surface area contributed by atoms with Crippen molar-refractivity contribution in [3.8, 4) is 47.2 Å². The zero-order valence-corrected chi connectivity index (χ0v) is 31.4. The Morgan fingerprint density at radius 2 is 1.16 bits per heavy atom. The molecule has 16 heteroatoms. The van der Waals surface area contributed by atoms with Crippen LogP contribution in [-0.2, 0) is 0 Å². The molecule has 10 nitrogen and oxygen atoms in total. The number of pyridine rings is 2. The number of aromatic carboxylic acids is 1. The van der Waals surface area contributed by atoms with Crippen molar-refractivity contribution in [3.63, 3.8) is 0 Å². The monoisotopic (exact) mass is 801 g/mol. The van der Waals surface area contributed by atoms with Crippen LogP contribution in [0.1, 0.15) is 62.7 Å². The first kappa shape index (κ1) is 42.2. The molecule has 0 saturated carbocycles. The minimum Gasteiger partial charge on any atom is -0.478 e. The Kier molecular flexibility index (Phi) is 12.7. The molecule has 0 bridgehead atoms. The van der Waals surface area contributed by atoms with E-state index in [1.165, 1.54) is 6.07 Å². The van der Waals surface area contributed by atoms with E-state index in [-0.39, 0.29) is 24.6 Å². The summed E-state index contributed by atoms with van der Waals surface area (Å²) in [5.74, 6) is 3.83. The smallest absolute Gasteiger partial charge is 0.390 e. The molecule has 0 spiro atoms. The molecule has 0 fully saturated rings. The summed E-state index contributed by atoms with van der Waals surface area (Å²) in [4.78, 5) is 32.0.